The molecule has 2 nitrogen and oxygen atoms in total. The summed E-state index contributed by atoms with van der Waals surface area (Å²) in [5.41, 5.74) is 0.159. The fourth-order valence-corrected chi connectivity index (χ4v) is 2.86. The number of aliphatic hydroxyl groups excluding tert-OH is 1. The lowest BCUT2D eigenvalue weighted by atomic mass is 9.91. The minimum atomic E-state index is 0.159. The Balaban J connectivity index is 2.44. The van der Waals surface area contributed by atoms with Gasteiger partial charge in [0.2, 0.25) is 0 Å². The van der Waals surface area contributed by atoms with E-state index in [1.165, 1.54) is 8.66 Å². The zero-order valence-corrected chi connectivity index (χ0v) is 11.6. The van der Waals surface area contributed by atoms with Gasteiger partial charge in [0.25, 0.3) is 0 Å². The van der Waals surface area contributed by atoms with Gasteiger partial charge in [-0.2, -0.15) is 0 Å². The summed E-state index contributed by atoms with van der Waals surface area (Å²) in [7, 11) is 0. The van der Waals surface area contributed by atoms with Gasteiger partial charge in [-0.1, -0.05) is 13.8 Å². The van der Waals surface area contributed by atoms with Crippen LogP contribution in [0.5, 0.6) is 0 Å². The van der Waals surface area contributed by atoms with E-state index in [1.807, 2.05) is 0 Å². The van der Waals surface area contributed by atoms with E-state index in [9.17, 15) is 0 Å². The van der Waals surface area contributed by atoms with Crippen LogP contribution in [-0.4, -0.2) is 24.8 Å². The first-order valence-electron chi connectivity index (χ1n) is 5.13. The van der Waals surface area contributed by atoms with E-state index in [0.717, 1.165) is 19.5 Å². The Hall–Kier alpha value is 0.1000. The average molecular weight is 292 g/mol. The quantitative estimate of drug-likeness (QED) is 0.790. The molecule has 0 unspecified atom stereocenters. The van der Waals surface area contributed by atoms with E-state index >= 15 is 0 Å². The predicted molar refractivity (Wildman–Crippen MR) is 69.6 cm³/mol. The van der Waals surface area contributed by atoms with Crippen LogP contribution in [0.4, 0.5) is 0 Å². The van der Waals surface area contributed by atoms with Crippen molar-refractivity contribution in [1.82, 2.24) is 5.32 Å². The van der Waals surface area contributed by atoms with Crippen molar-refractivity contribution in [3.8, 4) is 0 Å². The van der Waals surface area contributed by atoms with Crippen molar-refractivity contribution in [2.75, 3.05) is 19.7 Å². The number of nitrogens with one attached hydrogen (secondary N) is 1. The van der Waals surface area contributed by atoms with Gasteiger partial charge < -0.3 is 10.4 Å². The normalized spacial score (nSPS) is 12.0. The maximum absolute atomic E-state index is 8.67. The first-order valence-corrected chi connectivity index (χ1v) is 6.74. The Kier molecular flexibility index (Phi) is 5.26. The van der Waals surface area contributed by atoms with Gasteiger partial charge in [-0.3, -0.25) is 0 Å². The van der Waals surface area contributed by atoms with Gasteiger partial charge in [0.15, 0.2) is 0 Å². The van der Waals surface area contributed by atoms with E-state index in [1.54, 1.807) is 11.3 Å². The van der Waals surface area contributed by atoms with Crippen LogP contribution in [-0.2, 0) is 5.41 Å². The second-order valence-electron chi connectivity index (χ2n) is 4.24. The van der Waals surface area contributed by atoms with E-state index in [4.69, 9.17) is 5.11 Å². The number of hydrogen-bond acceptors (Lipinski definition) is 3. The van der Waals surface area contributed by atoms with Gasteiger partial charge in [-0.15, -0.1) is 11.3 Å². The molecule has 0 atom stereocenters. The largest absolute Gasteiger partial charge is 0.396 e. The van der Waals surface area contributed by atoms with Crippen molar-refractivity contribution in [1.29, 1.82) is 0 Å². The van der Waals surface area contributed by atoms with Crippen molar-refractivity contribution < 1.29 is 5.11 Å². The van der Waals surface area contributed by atoms with Crippen molar-refractivity contribution in [2.24, 2.45) is 0 Å². The molecule has 0 aromatic carbocycles. The first-order chi connectivity index (χ1) is 7.06. The van der Waals surface area contributed by atoms with E-state index < -0.39 is 0 Å². The summed E-state index contributed by atoms with van der Waals surface area (Å²) in [5.74, 6) is 0. The van der Waals surface area contributed by atoms with Crippen molar-refractivity contribution >= 4 is 27.3 Å². The van der Waals surface area contributed by atoms with Gasteiger partial charge in [-0.25, -0.2) is 0 Å². The molecule has 2 N–H and O–H groups in total. The Morgan fingerprint density at radius 3 is 2.73 bits per heavy atom. The van der Waals surface area contributed by atoms with Crippen LogP contribution in [0.3, 0.4) is 0 Å². The van der Waals surface area contributed by atoms with Crippen LogP contribution in [0, 0.1) is 0 Å². The monoisotopic (exact) mass is 291 g/mol. The molecule has 0 spiro atoms. The lowest BCUT2D eigenvalue weighted by Gasteiger charge is -2.23. The molecule has 0 aliphatic carbocycles. The van der Waals surface area contributed by atoms with Crippen molar-refractivity contribution in [2.45, 2.75) is 25.7 Å². The molecular weight excluding hydrogens is 274 g/mol. The molecule has 0 fully saturated rings. The highest BCUT2D eigenvalue weighted by molar-refractivity contribution is 9.11. The highest BCUT2D eigenvalue weighted by atomic mass is 79.9. The maximum Gasteiger partial charge on any atom is 0.0701 e. The minimum Gasteiger partial charge on any atom is -0.396 e. The van der Waals surface area contributed by atoms with Crippen LogP contribution < -0.4 is 5.32 Å². The molecule has 86 valence electrons. The molecule has 1 aromatic rings. The molecule has 0 aliphatic heterocycles. The van der Waals surface area contributed by atoms with E-state index in [0.29, 0.717) is 0 Å². The summed E-state index contributed by atoms with van der Waals surface area (Å²) in [5, 5.41) is 12.0. The lowest BCUT2D eigenvalue weighted by Crippen LogP contribution is -2.33. The Bertz CT molecular complexity index is 299. The SMILES string of the molecule is CC(C)(CNCCCO)c1ccc(Br)s1. The zero-order valence-electron chi connectivity index (χ0n) is 9.22. The summed E-state index contributed by atoms with van der Waals surface area (Å²) < 4.78 is 1.18. The van der Waals surface area contributed by atoms with Crippen LogP contribution in [0.25, 0.3) is 0 Å². The van der Waals surface area contributed by atoms with Crippen LogP contribution >= 0.6 is 27.3 Å². The number of thiophene rings is 1. The van der Waals surface area contributed by atoms with E-state index in [-0.39, 0.29) is 12.0 Å². The molecule has 1 aromatic heterocycles. The maximum atomic E-state index is 8.67. The topological polar surface area (TPSA) is 32.3 Å². The predicted octanol–water partition coefficient (Wildman–Crippen LogP) is 2.76. The minimum absolute atomic E-state index is 0.159. The molecule has 0 amide bonds. The summed E-state index contributed by atoms with van der Waals surface area (Å²) in [6, 6.07) is 4.26. The Morgan fingerprint density at radius 1 is 1.47 bits per heavy atom. The van der Waals surface area contributed by atoms with Crippen LogP contribution in [0.15, 0.2) is 15.9 Å². The fourth-order valence-electron chi connectivity index (χ4n) is 1.37. The summed E-state index contributed by atoms with van der Waals surface area (Å²) in [4.78, 5) is 1.38. The molecule has 1 rings (SSSR count). The first kappa shape index (κ1) is 13.2. The second kappa shape index (κ2) is 5.99. The van der Waals surface area contributed by atoms with Gasteiger partial charge in [0.1, 0.15) is 0 Å². The van der Waals surface area contributed by atoms with Gasteiger partial charge in [0, 0.05) is 23.4 Å². The molecule has 0 radical (unpaired) electrons. The molecule has 0 saturated heterocycles. The molecule has 0 saturated carbocycles. The summed E-state index contributed by atoms with van der Waals surface area (Å²) in [6.45, 7) is 6.55. The highest BCUT2D eigenvalue weighted by Crippen LogP contribution is 2.32. The van der Waals surface area contributed by atoms with Crippen LogP contribution in [0.1, 0.15) is 25.1 Å². The standard InChI is InChI=1S/C11H18BrNOS/c1-11(2,8-13-6-3-7-14)9-4-5-10(12)15-9/h4-5,13-14H,3,6-8H2,1-2H3. The third kappa shape index (κ3) is 4.23. The molecule has 0 bridgehead atoms. The van der Waals surface area contributed by atoms with Gasteiger partial charge in [-0.05, 0) is 41.0 Å². The number of hydrogen-bond donors (Lipinski definition) is 2. The third-order valence-corrected chi connectivity index (χ3v) is 4.31. The van der Waals surface area contributed by atoms with Crippen molar-refractivity contribution in [3.63, 3.8) is 0 Å². The lowest BCUT2D eigenvalue weighted by molar-refractivity contribution is 0.284. The second-order valence-corrected chi connectivity index (χ2v) is 6.70. The van der Waals surface area contributed by atoms with Crippen molar-refractivity contribution in [3.05, 3.63) is 20.8 Å². The third-order valence-electron chi connectivity index (χ3n) is 2.32. The fraction of sp³-hybridized carbons (Fsp3) is 0.636. The number of aliphatic hydroxyl groups is 1. The Morgan fingerprint density at radius 2 is 2.20 bits per heavy atom. The van der Waals surface area contributed by atoms with Gasteiger partial charge in [0.05, 0.1) is 3.79 Å². The molecule has 15 heavy (non-hydrogen) atoms. The summed E-state index contributed by atoms with van der Waals surface area (Å²) in [6.07, 6.45) is 0.824. The van der Waals surface area contributed by atoms with Gasteiger partial charge >= 0.3 is 0 Å². The number of rotatable bonds is 6. The molecule has 0 aliphatic rings. The molecule has 4 heteroatoms. The average Bonchev–Trinajstić information content (AvgIpc) is 2.60. The Labute approximate surface area is 104 Å². The van der Waals surface area contributed by atoms with E-state index in [2.05, 4.69) is 47.2 Å². The molecular formula is C11H18BrNOS. The number of halogens is 1. The molecule has 1 heterocycles. The highest BCUT2D eigenvalue weighted by Gasteiger charge is 2.21. The summed E-state index contributed by atoms with van der Waals surface area (Å²) >= 11 is 5.27. The zero-order chi connectivity index (χ0) is 11.3. The smallest absolute Gasteiger partial charge is 0.0701 e. The van der Waals surface area contributed by atoms with Crippen LogP contribution in [0.2, 0.25) is 0 Å².